The predicted octanol–water partition coefficient (Wildman–Crippen LogP) is 0.00520. The van der Waals surface area contributed by atoms with E-state index >= 15 is 0 Å². The van der Waals surface area contributed by atoms with E-state index in [-0.39, 0.29) is 12.4 Å². The molecule has 0 aliphatic carbocycles. The van der Waals surface area contributed by atoms with Crippen LogP contribution in [-0.2, 0) is 15.8 Å². The highest BCUT2D eigenvalue weighted by molar-refractivity contribution is 7.51. The molecule has 0 bridgehead atoms. The topological polar surface area (TPSA) is 148 Å². The second kappa shape index (κ2) is 7.69. The molecule has 0 aliphatic rings. The molecule has 0 radical (unpaired) electrons. The molecular weight excluding hydrogens is 337 g/mol. The number of ether oxygens (including phenoxy) is 1. The van der Waals surface area contributed by atoms with Gasteiger partial charge in [-0.1, -0.05) is 30.3 Å². The molecule has 0 aliphatic heterocycles. The molecule has 0 saturated carbocycles. The van der Waals surface area contributed by atoms with E-state index in [0.29, 0.717) is 5.56 Å². The van der Waals surface area contributed by atoms with Crippen LogP contribution < -0.4 is 11.4 Å². The van der Waals surface area contributed by atoms with Gasteiger partial charge in [0.2, 0.25) is 0 Å². The minimum Gasteiger partial charge on any atom is -0.394 e. The Labute approximate surface area is 137 Å². The first kappa shape index (κ1) is 18.3. The Hall–Kier alpha value is -2.03. The lowest BCUT2D eigenvalue weighted by Gasteiger charge is -2.18. The zero-order valence-corrected chi connectivity index (χ0v) is 13.5. The maximum atomic E-state index is 12.0. The van der Waals surface area contributed by atoms with Crippen LogP contribution in [0.4, 0.5) is 5.82 Å². The van der Waals surface area contributed by atoms with Crippen molar-refractivity contribution in [2.45, 2.75) is 12.6 Å². The van der Waals surface area contributed by atoms with Crippen molar-refractivity contribution < 1.29 is 24.2 Å². The van der Waals surface area contributed by atoms with E-state index in [1.165, 1.54) is 10.8 Å². The van der Waals surface area contributed by atoms with Gasteiger partial charge in [-0.05, 0) is 5.56 Å². The zero-order chi connectivity index (χ0) is 17.7. The number of nitrogen functional groups attached to an aromatic ring is 1. The van der Waals surface area contributed by atoms with E-state index in [1.54, 1.807) is 12.1 Å². The Morgan fingerprint density at radius 3 is 2.54 bits per heavy atom. The molecular formula is C14H18N3O6P. The quantitative estimate of drug-likeness (QED) is 0.508. The first-order chi connectivity index (χ1) is 11.3. The van der Waals surface area contributed by atoms with Gasteiger partial charge in [0.15, 0.2) is 0 Å². The summed E-state index contributed by atoms with van der Waals surface area (Å²) in [6, 6.07) is 9.06. The molecule has 1 heterocycles. The van der Waals surface area contributed by atoms with Gasteiger partial charge in [-0.15, -0.1) is 0 Å². The fourth-order valence-corrected chi connectivity index (χ4v) is 2.47. The standard InChI is InChI=1S/C14H18N3O6P/c15-13-12(10-4-2-1-3-5-10)7-17(14(19)16-13)6-11(8-18)23-9-24(20,21)22/h1-5,7,11,18H,6,8-9H2,(H2,15,16,19)(H2,20,21,22)/t11-/m0/s1. The largest absolute Gasteiger partial charge is 0.394 e. The van der Waals surface area contributed by atoms with Crippen LogP contribution in [0.15, 0.2) is 41.3 Å². The molecule has 5 N–H and O–H groups in total. The van der Waals surface area contributed by atoms with Crippen LogP contribution in [0.3, 0.4) is 0 Å². The number of aromatic nitrogens is 2. The average Bonchev–Trinajstić information content (AvgIpc) is 2.53. The smallest absolute Gasteiger partial charge is 0.350 e. The van der Waals surface area contributed by atoms with Gasteiger partial charge in [-0.2, -0.15) is 4.98 Å². The summed E-state index contributed by atoms with van der Waals surface area (Å²) in [5, 5.41) is 9.28. The lowest BCUT2D eigenvalue weighted by molar-refractivity contribution is 0.0189. The lowest BCUT2D eigenvalue weighted by Crippen LogP contribution is -2.32. The van der Waals surface area contributed by atoms with E-state index in [2.05, 4.69) is 4.98 Å². The number of aliphatic hydroxyl groups excluding tert-OH is 1. The first-order valence-corrected chi connectivity index (χ1v) is 8.79. The summed E-state index contributed by atoms with van der Waals surface area (Å²) in [6.07, 6.45) is -0.339. The molecule has 10 heteroatoms. The molecule has 0 amide bonds. The molecule has 9 nitrogen and oxygen atoms in total. The molecule has 0 unspecified atom stereocenters. The van der Waals surface area contributed by atoms with Crippen LogP contribution in [-0.4, -0.2) is 43.5 Å². The van der Waals surface area contributed by atoms with Crippen LogP contribution in [0.2, 0.25) is 0 Å². The Kier molecular flexibility index (Phi) is 5.87. The summed E-state index contributed by atoms with van der Waals surface area (Å²) in [7, 11) is -4.37. The summed E-state index contributed by atoms with van der Waals surface area (Å²) < 4.78 is 17.0. The van der Waals surface area contributed by atoms with Crippen molar-refractivity contribution in [2.24, 2.45) is 0 Å². The molecule has 2 aromatic rings. The molecule has 2 rings (SSSR count). The van der Waals surface area contributed by atoms with Gasteiger partial charge in [0, 0.05) is 11.8 Å². The number of benzene rings is 1. The maximum Gasteiger partial charge on any atom is 0.350 e. The Morgan fingerprint density at radius 2 is 1.96 bits per heavy atom. The number of nitrogens with two attached hydrogens (primary N) is 1. The first-order valence-electron chi connectivity index (χ1n) is 6.99. The van der Waals surface area contributed by atoms with Crippen molar-refractivity contribution >= 4 is 13.4 Å². The minimum atomic E-state index is -4.37. The maximum absolute atomic E-state index is 12.0. The molecule has 0 fully saturated rings. The van der Waals surface area contributed by atoms with Crippen molar-refractivity contribution in [1.29, 1.82) is 0 Å². The van der Waals surface area contributed by atoms with E-state index in [1.807, 2.05) is 18.2 Å². The van der Waals surface area contributed by atoms with Gasteiger partial charge in [-0.25, -0.2) is 4.79 Å². The molecule has 1 aromatic carbocycles. The number of nitrogens with zero attached hydrogens (tertiary/aromatic N) is 2. The Morgan fingerprint density at radius 1 is 1.29 bits per heavy atom. The van der Waals surface area contributed by atoms with Gasteiger partial charge >= 0.3 is 13.3 Å². The van der Waals surface area contributed by atoms with E-state index in [0.717, 1.165) is 5.56 Å². The van der Waals surface area contributed by atoms with Gasteiger partial charge in [0.05, 0.1) is 19.3 Å². The molecule has 0 spiro atoms. The van der Waals surface area contributed by atoms with Crippen molar-refractivity contribution in [1.82, 2.24) is 9.55 Å². The van der Waals surface area contributed by atoms with Crippen molar-refractivity contribution in [3.8, 4) is 11.1 Å². The minimum absolute atomic E-state index is 0.0686. The molecule has 24 heavy (non-hydrogen) atoms. The van der Waals surface area contributed by atoms with Crippen LogP contribution in [0, 0.1) is 0 Å². The summed E-state index contributed by atoms with van der Waals surface area (Å²) in [6.45, 7) is -0.639. The highest BCUT2D eigenvalue weighted by Crippen LogP contribution is 2.34. The van der Waals surface area contributed by atoms with Gasteiger partial charge in [0.1, 0.15) is 12.2 Å². The van der Waals surface area contributed by atoms with Crippen LogP contribution >= 0.6 is 7.60 Å². The second-order valence-corrected chi connectivity index (χ2v) is 6.69. The fraction of sp³-hybridized carbons (Fsp3) is 0.286. The molecule has 1 aromatic heterocycles. The Bertz CT molecular complexity index is 789. The molecule has 130 valence electrons. The number of aliphatic hydroxyl groups is 1. The van der Waals surface area contributed by atoms with Crippen LogP contribution in [0.25, 0.3) is 11.1 Å². The third kappa shape index (κ3) is 4.98. The summed E-state index contributed by atoms with van der Waals surface area (Å²) in [5.41, 5.74) is 6.43. The van der Waals surface area contributed by atoms with Crippen LogP contribution in [0.1, 0.15) is 0 Å². The van der Waals surface area contributed by atoms with Crippen molar-refractivity contribution in [3.63, 3.8) is 0 Å². The monoisotopic (exact) mass is 355 g/mol. The van der Waals surface area contributed by atoms with Gasteiger partial charge in [-0.3, -0.25) is 9.13 Å². The fourth-order valence-electron chi connectivity index (χ4n) is 2.06. The number of hydrogen-bond acceptors (Lipinski definition) is 6. The van der Waals surface area contributed by atoms with Gasteiger partial charge in [0.25, 0.3) is 0 Å². The van der Waals surface area contributed by atoms with E-state index in [9.17, 15) is 14.5 Å². The predicted molar refractivity (Wildman–Crippen MR) is 87.2 cm³/mol. The SMILES string of the molecule is Nc1nc(=O)n(C[C@@H](CO)OCP(=O)(O)O)cc1-c1ccccc1. The number of rotatable bonds is 7. The van der Waals surface area contributed by atoms with Crippen molar-refractivity contribution in [3.05, 3.63) is 47.0 Å². The molecule has 0 saturated heterocycles. The molecule has 1 atom stereocenters. The zero-order valence-electron chi connectivity index (χ0n) is 12.6. The van der Waals surface area contributed by atoms with E-state index < -0.39 is 32.3 Å². The third-order valence-electron chi connectivity index (χ3n) is 3.19. The summed E-state index contributed by atoms with van der Waals surface area (Å²) >= 11 is 0. The Balaban J connectivity index is 2.26. The summed E-state index contributed by atoms with van der Waals surface area (Å²) in [5.74, 6) is 0.0686. The van der Waals surface area contributed by atoms with Crippen molar-refractivity contribution in [2.75, 3.05) is 18.7 Å². The van der Waals surface area contributed by atoms with Crippen LogP contribution in [0.5, 0.6) is 0 Å². The lowest BCUT2D eigenvalue weighted by atomic mass is 10.1. The van der Waals surface area contributed by atoms with Gasteiger partial charge < -0.3 is 25.4 Å². The third-order valence-corrected chi connectivity index (χ3v) is 3.68. The summed E-state index contributed by atoms with van der Waals surface area (Å²) in [4.78, 5) is 33.3. The second-order valence-electron chi connectivity index (χ2n) is 5.11. The number of anilines is 1. The normalized spacial score (nSPS) is 13.0. The average molecular weight is 355 g/mol. The highest BCUT2D eigenvalue weighted by Gasteiger charge is 2.19. The highest BCUT2D eigenvalue weighted by atomic mass is 31.2. The van der Waals surface area contributed by atoms with E-state index in [4.69, 9.17) is 20.3 Å². The number of hydrogen-bond donors (Lipinski definition) is 4.